The van der Waals surface area contributed by atoms with Crippen molar-refractivity contribution in [2.24, 2.45) is 0 Å². The van der Waals surface area contributed by atoms with E-state index in [4.69, 9.17) is 0 Å². The molecule has 0 aromatic carbocycles. The SMILES string of the molecule is CC(F)(F)C(F)(F)C(F)(F)C(F)(F)C(F)(F)C(F)(F)C(F)(F)C(F)(F)C(F)(F)C(F)(F)C(F)(F)C(F)(F)C(F)(F)C(F)(F)C(F)(F)C(F)(F)C(F)(F)F. The number of alkyl halides is 35. The van der Waals surface area contributed by atoms with Crippen LogP contribution >= 0.6 is 0 Å². The normalized spacial score (nSPS) is 17.4. The standard InChI is InChI=1S/C18H3F35/c1-2(19,20)3(21,22)4(23,24)5(25,26)6(27,28)7(29,30)8(31,32)9(33,34)10(35,36)11(37,38)12(39,40)13(41,42)14(43,44)15(45,46)16(47,48)17(49,50)18(51,52)53/h1H3. The molecule has 320 valence electrons. The lowest BCUT2D eigenvalue weighted by atomic mass is 9.82. The van der Waals surface area contributed by atoms with Crippen LogP contribution < -0.4 is 0 Å². The zero-order chi connectivity index (χ0) is 44.5. The summed E-state index contributed by atoms with van der Waals surface area (Å²) in [6.07, 6.45) is -8.42. The largest absolute Gasteiger partial charge is 0.460 e. The Bertz CT molecular complexity index is 1230. The lowest BCUT2D eigenvalue weighted by Gasteiger charge is -2.47. The summed E-state index contributed by atoms with van der Waals surface area (Å²) in [7, 11) is 0. The Morgan fingerprint density at radius 1 is 0.151 bits per heavy atom. The van der Waals surface area contributed by atoms with Gasteiger partial charge in [-0.25, -0.2) is 0 Å². The summed E-state index contributed by atoms with van der Waals surface area (Å²) >= 11 is 0. The van der Waals surface area contributed by atoms with Crippen LogP contribution in [0.3, 0.4) is 0 Å². The molecule has 0 radical (unpaired) electrons. The average molecular weight is 884 g/mol. The molecule has 53 heavy (non-hydrogen) atoms. The first-order valence-corrected chi connectivity index (χ1v) is 11.1. The predicted molar refractivity (Wildman–Crippen MR) is 90.9 cm³/mol. The van der Waals surface area contributed by atoms with E-state index >= 15 is 0 Å². The van der Waals surface area contributed by atoms with Crippen LogP contribution in [0, 0.1) is 0 Å². The van der Waals surface area contributed by atoms with E-state index in [-0.39, 0.29) is 0 Å². The Morgan fingerprint density at radius 3 is 0.340 bits per heavy atom. The quantitative estimate of drug-likeness (QED) is 0.144. The molecule has 0 heterocycles. The molecule has 0 saturated heterocycles. The van der Waals surface area contributed by atoms with Crippen molar-refractivity contribution >= 4 is 0 Å². The van der Waals surface area contributed by atoms with Gasteiger partial charge in [-0.2, -0.15) is 154 Å². The molecule has 0 aliphatic carbocycles. The number of hydrogen-bond donors (Lipinski definition) is 0. The summed E-state index contributed by atoms with van der Waals surface area (Å²) in [5.74, 6) is -153. The number of halogens is 35. The van der Waals surface area contributed by atoms with Crippen molar-refractivity contribution < 1.29 is 154 Å². The first-order chi connectivity index (χ1) is 22.0. The number of rotatable bonds is 15. The van der Waals surface area contributed by atoms with Crippen molar-refractivity contribution in [3.8, 4) is 0 Å². The van der Waals surface area contributed by atoms with Crippen LogP contribution in [0.5, 0.6) is 0 Å². The van der Waals surface area contributed by atoms with Gasteiger partial charge in [0.25, 0.3) is 0 Å². The van der Waals surface area contributed by atoms with Crippen LogP contribution in [0.25, 0.3) is 0 Å². The fourth-order valence-electron chi connectivity index (χ4n) is 3.02. The van der Waals surface area contributed by atoms with Crippen molar-refractivity contribution in [3.05, 3.63) is 0 Å². The van der Waals surface area contributed by atoms with Crippen LogP contribution in [-0.4, -0.2) is 101 Å². The van der Waals surface area contributed by atoms with E-state index in [1.165, 1.54) is 0 Å². The molecule has 0 aromatic heterocycles. The first kappa shape index (κ1) is 50.5. The molecular weight excluding hydrogens is 881 g/mol. The zero-order valence-electron chi connectivity index (χ0n) is 22.7. The summed E-state index contributed by atoms with van der Waals surface area (Å²) in [4.78, 5) is 0. The fourth-order valence-corrected chi connectivity index (χ4v) is 3.02. The molecule has 35 heteroatoms. The van der Waals surface area contributed by atoms with E-state index in [1.807, 2.05) is 0 Å². The Balaban J connectivity index is 7.78. The van der Waals surface area contributed by atoms with Crippen molar-refractivity contribution in [1.29, 1.82) is 0 Å². The monoisotopic (exact) mass is 884 g/mol. The second-order valence-electron chi connectivity index (χ2n) is 10.0. The van der Waals surface area contributed by atoms with Gasteiger partial charge in [0.05, 0.1) is 0 Å². The summed E-state index contributed by atoms with van der Waals surface area (Å²) in [5.41, 5.74) is 0. The van der Waals surface area contributed by atoms with Gasteiger partial charge in [-0.3, -0.25) is 0 Å². The first-order valence-electron chi connectivity index (χ1n) is 11.1. The molecule has 0 spiro atoms. The molecule has 0 fully saturated rings. The van der Waals surface area contributed by atoms with Gasteiger partial charge >= 0.3 is 101 Å². The second-order valence-corrected chi connectivity index (χ2v) is 10.0. The van der Waals surface area contributed by atoms with Crippen molar-refractivity contribution in [1.82, 2.24) is 0 Å². The summed E-state index contributed by atoms with van der Waals surface area (Å²) < 4.78 is 467. The van der Waals surface area contributed by atoms with Crippen LogP contribution in [-0.2, 0) is 0 Å². The molecule has 0 rings (SSSR count). The molecule has 0 N–H and O–H groups in total. The Kier molecular flexibility index (Phi) is 11.2. The minimum Gasteiger partial charge on any atom is -0.200 e. The third-order valence-corrected chi connectivity index (χ3v) is 6.43. The summed E-state index contributed by atoms with van der Waals surface area (Å²) in [6, 6.07) is 0. The molecule has 0 bridgehead atoms. The van der Waals surface area contributed by atoms with Crippen molar-refractivity contribution in [2.75, 3.05) is 0 Å². The zero-order valence-corrected chi connectivity index (χ0v) is 22.7. The minimum absolute atomic E-state index is 1.70. The molecule has 0 nitrogen and oxygen atoms in total. The van der Waals surface area contributed by atoms with Gasteiger partial charge < -0.3 is 0 Å². The topological polar surface area (TPSA) is 0 Å². The summed E-state index contributed by atoms with van der Waals surface area (Å²) in [6.45, 7) is -1.70. The highest BCUT2D eigenvalue weighted by atomic mass is 19.4. The smallest absolute Gasteiger partial charge is 0.200 e. The van der Waals surface area contributed by atoms with Crippen molar-refractivity contribution in [3.63, 3.8) is 0 Å². The third kappa shape index (κ3) is 5.59. The molecule has 0 atom stereocenters. The second kappa shape index (κ2) is 11.8. The van der Waals surface area contributed by atoms with E-state index in [0.29, 0.717) is 0 Å². The molecule has 0 aromatic rings. The molecular formula is C18H3F35. The van der Waals surface area contributed by atoms with Gasteiger partial charge in [0.15, 0.2) is 0 Å². The average Bonchev–Trinajstić information content (AvgIpc) is 2.89. The lowest BCUT2D eigenvalue weighted by molar-refractivity contribution is -0.492. The Morgan fingerprint density at radius 2 is 0.245 bits per heavy atom. The Labute approximate surface area is 263 Å². The molecule has 0 aliphatic heterocycles. The molecule has 0 saturated carbocycles. The molecule has 0 unspecified atom stereocenters. The van der Waals surface area contributed by atoms with Gasteiger partial charge in [-0.05, 0) is 0 Å². The van der Waals surface area contributed by atoms with E-state index < -0.39 is 108 Å². The third-order valence-electron chi connectivity index (χ3n) is 6.43. The minimum atomic E-state index is -10.3. The molecule has 0 amide bonds. The van der Waals surface area contributed by atoms with Crippen molar-refractivity contribution in [2.45, 2.75) is 108 Å². The highest BCUT2D eigenvalue weighted by Gasteiger charge is 3.02. The van der Waals surface area contributed by atoms with E-state index in [0.717, 1.165) is 0 Å². The van der Waals surface area contributed by atoms with Gasteiger partial charge in [-0.1, -0.05) is 0 Å². The van der Waals surface area contributed by atoms with Gasteiger partial charge in [0, 0.05) is 6.92 Å². The Hall–Kier alpha value is -2.45. The highest BCUT2D eigenvalue weighted by molar-refractivity contribution is 5.22. The van der Waals surface area contributed by atoms with Crippen LogP contribution in [0.2, 0.25) is 0 Å². The number of hydrogen-bond acceptors (Lipinski definition) is 0. The molecule has 0 aliphatic rings. The fraction of sp³-hybridized carbons (Fsp3) is 1.00. The maximum atomic E-state index is 13.8. The van der Waals surface area contributed by atoms with Gasteiger partial charge in [-0.15, -0.1) is 0 Å². The van der Waals surface area contributed by atoms with E-state index in [2.05, 4.69) is 0 Å². The van der Waals surface area contributed by atoms with E-state index in [1.54, 1.807) is 0 Å². The van der Waals surface area contributed by atoms with E-state index in [9.17, 15) is 154 Å². The summed E-state index contributed by atoms with van der Waals surface area (Å²) in [5, 5.41) is 0. The highest BCUT2D eigenvalue weighted by Crippen LogP contribution is 2.70. The van der Waals surface area contributed by atoms with Gasteiger partial charge in [0.2, 0.25) is 0 Å². The van der Waals surface area contributed by atoms with Gasteiger partial charge in [0.1, 0.15) is 0 Å². The van der Waals surface area contributed by atoms with Crippen LogP contribution in [0.15, 0.2) is 0 Å². The maximum absolute atomic E-state index is 13.8. The maximum Gasteiger partial charge on any atom is 0.460 e. The predicted octanol–water partition coefficient (Wildman–Crippen LogP) is 11.7. The van der Waals surface area contributed by atoms with Crippen LogP contribution in [0.4, 0.5) is 154 Å². The van der Waals surface area contributed by atoms with Crippen LogP contribution in [0.1, 0.15) is 6.92 Å². The lowest BCUT2D eigenvalue weighted by Crippen LogP contribution is -2.80.